The predicted molar refractivity (Wildman–Crippen MR) is 108 cm³/mol. The summed E-state index contributed by atoms with van der Waals surface area (Å²) in [6.45, 7) is 4.06. The minimum absolute atomic E-state index is 0.122. The van der Waals surface area contributed by atoms with E-state index in [4.69, 9.17) is 0 Å². The van der Waals surface area contributed by atoms with E-state index in [1.165, 1.54) is 4.57 Å². The van der Waals surface area contributed by atoms with E-state index in [1.807, 2.05) is 61.5 Å². The molecule has 1 N–H and O–H groups in total. The van der Waals surface area contributed by atoms with Gasteiger partial charge in [0.05, 0.1) is 17.1 Å². The van der Waals surface area contributed by atoms with Crippen LogP contribution in [-0.4, -0.2) is 29.9 Å². The number of hydrogen-bond acceptors (Lipinski definition) is 5. The molecule has 0 unspecified atom stereocenters. The Hall–Kier alpha value is -3.41. The zero-order valence-corrected chi connectivity index (χ0v) is 14.9. The maximum atomic E-state index is 12.7. The van der Waals surface area contributed by atoms with E-state index in [0.29, 0.717) is 23.4 Å². The van der Waals surface area contributed by atoms with Gasteiger partial charge in [-0.3, -0.25) is 9.36 Å². The molecule has 1 heterocycles. The minimum Gasteiger partial charge on any atom is -0.378 e. The summed E-state index contributed by atoms with van der Waals surface area (Å²) in [5, 5.41) is 4.80. The van der Waals surface area contributed by atoms with Gasteiger partial charge in [-0.1, -0.05) is 30.3 Å². The van der Waals surface area contributed by atoms with Gasteiger partial charge in [0, 0.05) is 26.3 Å². The first kappa shape index (κ1) is 17.4. The van der Waals surface area contributed by atoms with Crippen molar-refractivity contribution in [3.63, 3.8) is 0 Å². The van der Waals surface area contributed by atoms with E-state index in [0.717, 1.165) is 11.3 Å². The van der Waals surface area contributed by atoms with Gasteiger partial charge in [0.25, 0.3) is 5.56 Å². The third-order valence-electron chi connectivity index (χ3n) is 3.96. The Bertz CT molecular complexity index is 1000. The van der Waals surface area contributed by atoms with Crippen molar-refractivity contribution >= 4 is 28.8 Å². The number of benzene rings is 2. The summed E-state index contributed by atoms with van der Waals surface area (Å²) in [5.74, 6) is 0.384. The lowest BCUT2D eigenvalue weighted by Crippen LogP contribution is -2.23. The highest BCUT2D eigenvalue weighted by atomic mass is 16.1. The smallest absolute Gasteiger partial charge is 0.263 e. The molecule has 26 heavy (non-hydrogen) atoms. The van der Waals surface area contributed by atoms with E-state index in [9.17, 15) is 4.79 Å². The molecule has 132 valence electrons. The first-order valence-electron chi connectivity index (χ1n) is 8.27. The van der Waals surface area contributed by atoms with Gasteiger partial charge < -0.3 is 4.90 Å². The van der Waals surface area contributed by atoms with E-state index >= 15 is 0 Å². The molecule has 0 bridgehead atoms. The lowest BCUT2D eigenvalue weighted by Gasteiger charge is -2.12. The Morgan fingerprint density at radius 3 is 2.62 bits per heavy atom. The Balaban J connectivity index is 1.89. The van der Waals surface area contributed by atoms with Crippen LogP contribution in [0.1, 0.15) is 5.56 Å². The molecule has 3 aromatic rings. The van der Waals surface area contributed by atoms with Crippen LogP contribution in [0.15, 0.2) is 71.1 Å². The summed E-state index contributed by atoms with van der Waals surface area (Å²) >= 11 is 0. The summed E-state index contributed by atoms with van der Waals surface area (Å²) in [5.41, 5.74) is 5.45. The number of para-hydroxylation sites is 1. The van der Waals surface area contributed by atoms with Crippen molar-refractivity contribution in [1.29, 1.82) is 0 Å². The molecule has 0 saturated carbocycles. The van der Waals surface area contributed by atoms with Crippen LogP contribution in [0.25, 0.3) is 10.9 Å². The molecule has 3 rings (SSSR count). The largest absolute Gasteiger partial charge is 0.378 e. The van der Waals surface area contributed by atoms with Gasteiger partial charge in [-0.2, -0.15) is 5.10 Å². The normalized spacial score (nSPS) is 11.0. The summed E-state index contributed by atoms with van der Waals surface area (Å²) in [6.07, 6.45) is 3.35. The third kappa shape index (κ3) is 3.64. The topological polar surface area (TPSA) is 62.5 Å². The van der Waals surface area contributed by atoms with Crippen LogP contribution in [0.4, 0.5) is 11.6 Å². The highest BCUT2D eigenvalue weighted by Gasteiger charge is 2.09. The molecule has 0 spiro atoms. The number of hydrazone groups is 1. The standard InChI is InChI=1S/C20H21N5O/c1-4-13-25-19(26)17-7-5-6-8-18(17)22-20(25)23-21-14-15-9-11-16(12-10-15)24(2)3/h4-12,14H,1,13H2,2-3H3,(H,22,23)/b21-14-. The van der Waals surface area contributed by atoms with Crippen molar-refractivity contribution in [1.82, 2.24) is 9.55 Å². The summed E-state index contributed by atoms with van der Waals surface area (Å²) in [7, 11) is 3.99. The minimum atomic E-state index is -0.122. The molecule has 0 aliphatic carbocycles. The fourth-order valence-corrected chi connectivity index (χ4v) is 2.57. The van der Waals surface area contributed by atoms with Crippen LogP contribution in [0.2, 0.25) is 0 Å². The molecular formula is C20H21N5O. The lowest BCUT2D eigenvalue weighted by atomic mass is 10.2. The van der Waals surface area contributed by atoms with Crippen molar-refractivity contribution in [3.8, 4) is 0 Å². The predicted octanol–water partition coefficient (Wildman–Crippen LogP) is 3.09. The number of fused-ring (bicyclic) bond motifs is 1. The molecule has 2 aromatic carbocycles. The van der Waals surface area contributed by atoms with Crippen LogP contribution in [0, 0.1) is 0 Å². The van der Waals surface area contributed by atoms with Gasteiger partial charge in [-0.25, -0.2) is 10.4 Å². The van der Waals surface area contributed by atoms with Crippen molar-refractivity contribution in [2.45, 2.75) is 6.54 Å². The maximum absolute atomic E-state index is 12.7. The Morgan fingerprint density at radius 1 is 1.19 bits per heavy atom. The molecule has 0 saturated heterocycles. The zero-order chi connectivity index (χ0) is 18.5. The number of rotatable bonds is 6. The Morgan fingerprint density at radius 2 is 1.92 bits per heavy atom. The molecule has 0 radical (unpaired) electrons. The highest BCUT2D eigenvalue weighted by Crippen LogP contribution is 2.12. The third-order valence-corrected chi connectivity index (χ3v) is 3.96. The van der Waals surface area contributed by atoms with Crippen molar-refractivity contribution in [2.24, 2.45) is 5.10 Å². The van der Waals surface area contributed by atoms with Gasteiger partial charge in [0.15, 0.2) is 0 Å². The van der Waals surface area contributed by atoms with Crippen LogP contribution >= 0.6 is 0 Å². The van der Waals surface area contributed by atoms with Crippen molar-refractivity contribution < 1.29 is 0 Å². The number of nitrogens with zero attached hydrogens (tertiary/aromatic N) is 4. The number of nitrogens with one attached hydrogen (secondary N) is 1. The highest BCUT2D eigenvalue weighted by molar-refractivity contribution is 5.81. The Kier molecular flexibility index (Phi) is 5.12. The molecule has 6 heteroatoms. The summed E-state index contributed by atoms with van der Waals surface area (Å²) in [4.78, 5) is 19.2. The zero-order valence-electron chi connectivity index (χ0n) is 14.9. The molecule has 0 aliphatic heterocycles. The maximum Gasteiger partial charge on any atom is 0.263 e. The van der Waals surface area contributed by atoms with E-state index in [1.54, 1.807) is 18.4 Å². The molecule has 0 aliphatic rings. The van der Waals surface area contributed by atoms with Crippen LogP contribution in [0.3, 0.4) is 0 Å². The molecule has 0 amide bonds. The quantitative estimate of drug-likeness (QED) is 0.423. The van der Waals surface area contributed by atoms with Gasteiger partial charge in [-0.15, -0.1) is 6.58 Å². The van der Waals surface area contributed by atoms with E-state index in [-0.39, 0.29) is 5.56 Å². The van der Waals surface area contributed by atoms with Crippen LogP contribution in [0.5, 0.6) is 0 Å². The molecule has 0 fully saturated rings. The molecule has 1 aromatic heterocycles. The first-order chi connectivity index (χ1) is 12.6. The number of aromatic nitrogens is 2. The Labute approximate surface area is 152 Å². The second-order valence-electron chi connectivity index (χ2n) is 6.01. The first-order valence-corrected chi connectivity index (χ1v) is 8.27. The molecule has 6 nitrogen and oxygen atoms in total. The van der Waals surface area contributed by atoms with Gasteiger partial charge in [-0.05, 0) is 29.8 Å². The van der Waals surface area contributed by atoms with Gasteiger partial charge in [0.2, 0.25) is 5.95 Å². The number of allylic oxidation sites excluding steroid dienone is 1. The SMILES string of the molecule is C=CCn1c(N/N=C\c2ccc(N(C)C)cc2)nc2ccccc2c1=O. The lowest BCUT2D eigenvalue weighted by molar-refractivity contribution is 0.774. The summed E-state index contributed by atoms with van der Waals surface area (Å²) < 4.78 is 1.52. The van der Waals surface area contributed by atoms with Crippen molar-refractivity contribution in [2.75, 3.05) is 24.4 Å². The van der Waals surface area contributed by atoms with Crippen molar-refractivity contribution in [3.05, 3.63) is 77.1 Å². The van der Waals surface area contributed by atoms with Gasteiger partial charge >= 0.3 is 0 Å². The fraction of sp³-hybridized carbons (Fsp3) is 0.150. The number of hydrogen-bond donors (Lipinski definition) is 1. The second kappa shape index (κ2) is 7.65. The monoisotopic (exact) mass is 347 g/mol. The van der Waals surface area contributed by atoms with Gasteiger partial charge in [0.1, 0.15) is 0 Å². The fourth-order valence-electron chi connectivity index (χ4n) is 2.57. The van der Waals surface area contributed by atoms with E-state index < -0.39 is 0 Å². The average Bonchev–Trinajstić information content (AvgIpc) is 2.65. The summed E-state index contributed by atoms with van der Waals surface area (Å²) in [6, 6.07) is 15.2. The van der Waals surface area contributed by atoms with Crippen LogP contribution < -0.4 is 15.9 Å². The van der Waals surface area contributed by atoms with E-state index in [2.05, 4.69) is 22.1 Å². The molecule has 0 atom stereocenters. The second-order valence-corrected chi connectivity index (χ2v) is 6.01. The molecular weight excluding hydrogens is 326 g/mol. The van der Waals surface area contributed by atoms with Crippen LogP contribution in [-0.2, 0) is 6.54 Å². The number of anilines is 2. The average molecular weight is 347 g/mol.